The van der Waals surface area contributed by atoms with E-state index in [-0.39, 0.29) is 11.8 Å². The minimum absolute atomic E-state index is 0.0103. The highest BCUT2D eigenvalue weighted by atomic mass is 16.2. The van der Waals surface area contributed by atoms with Crippen LogP contribution in [-0.4, -0.2) is 54.3 Å². The van der Waals surface area contributed by atoms with Crippen molar-refractivity contribution in [2.24, 2.45) is 5.41 Å². The van der Waals surface area contributed by atoms with Gasteiger partial charge in [-0.05, 0) is 29.7 Å². The lowest BCUT2D eigenvalue weighted by Gasteiger charge is -2.34. The Bertz CT molecular complexity index is 883. The Morgan fingerprint density at radius 2 is 1.36 bits per heavy atom. The minimum atomic E-state index is -0.403. The number of amides is 2. The van der Waals surface area contributed by atoms with E-state index in [0.29, 0.717) is 19.4 Å². The summed E-state index contributed by atoms with van der Waals surface area (Å²) >= 11 is 0. The van der Waals surface area contributed by atoms with Crippen molar-refractivity contribution in [1.29, 1.82) is 0 Å². The number of piperazine rings is 1. The van der Waals surface area contributed by atoms with Crippen LogP contribution in [0.25, 0.3) is 0 Å². The molecule has 1 heterocycles. The van der Waals surface area contributed by atoms with Crippen LogP contribution in [0.3, 0.4) is 0 Å². The fourth-order valence-corrected chi connectivity index (χ4v) is 3.84. The number of anilines is 1. The van der Waals surface area contributed by atoms with Gasteiger partial charge in [-0.2, -0.15) is 0 Å². The van der Waals surface area contributed by atoms with E-state index in [2.05, 4.69) is 62.9 Å². The quantitative estimate of drug-likeness (QED) is 0.569. The van der Waals surface area contributed by atoms with Crippen LogP contribution in [-0.2, 0) is 22.7 Å². The molecule has 0 saturated carbocycles. The third kappa shape index (κ3) is 8.63. The average molecular weight is 451 g/mol. The van der Waals surface area contributed by atoms with E-state index in [0.717, 1.165) is 45.0 Å². The van der Waals surface area contributed by atoms with Gasteiger partial charge in [0.25, 0.3) is 0 Å². The van der Waals surface area contributed by atoms with Crippen molar-refractivity contribution < 1.29 is 9.59 Å². The van der Waals surface area contributed by atoms with Gasteiger partial charge in [0, 0.05) is 63.3 Å². The molecule has 1 saturated heterocycles. The van der Waals surface area contributed by atoms with E-state index in [1.54, 1.807) is 0 Å². The molecule has 1 aliphatic heterocycles. The molecule has 178 valence electrons. The highest BCUT2D eigenvalue weighted by molar-refractivity contribution is 5.90. The zero-order chi connectivity index (χ0) is 23.7. The Kier molecular flexibility index (Phi) is 9.03. The van der Waals surface area contributed by atoms with Crippen LogP contribution < -0.4 is 10.6 Å². The molecule has 0 unspecified atom stereocenters. The van der Waals surface area contributed by atoms with Gasteiger partial charge >= 0.3 is 0 Å². The maximum absolute atomic E-state index is 12.2. The lowest BCUT2D eigenvalue weighted by Crippen LogP contribution is -2.45. The van der Waals surface area contributed by atoms with Gasteiger partial charge in [0.1, 0.15) is 0 Å². The second kappa shape index (κ2) is 12.0. The van der Waals surface area contributed by atoms with Crippen molar-refractivity contribution in [2.45, 2.75) is 46.7 Å². The molecule has 6 heteroatoms. The monoisotopic (exact) mass is 450 g/mol. The fraction of sp³-hybridized carbons (Fsp3) is 0.481. The van der Waals surface area contributed by atoms with Crippen LogP contribution in [0.1, 0.15) is 44.7 Å². The first-order valence-electron chi connectivity index (χ1n) is 12.0. The van der Waals surface area contributed by atoms with Crippen LogP contribution in [0.5, 0.6) is 0 Å². The van der Waals surface area contributed by atoms with Crippen LogP contribution in [0, 0.1) is 5.41 Å². The van der Waals surface area contributed by atoms with Crippen LogP contribution in [0.2, 0.25) is 0 Å². The van der Waals surface area contributed by atoms with Crippen molar-refractivity contribution >= 4 is 17.5 Å². The number of carbonyl (C=O) groups excluding carboxylic acids is 2. The van der Waals surface area contributed by atoms with Gasteiger partial charge in [0.15, 0.2) is 0 Å². The number of benzene rings is 2. The van der Waals surface area contributed by atoms with Gasteiger partial charge in [-0.25, -0.2) is 0 Å². The largest absolute Gasteiger partial charge is 0.356 e. The second-order valence-corrected chi connectivity index (χ2v) is 9.89. The summed E-state index contributed by atoms with van der Waals surface area (Å²) in [6.07, 6.45) is 1.02. The Morgan fingerprint density at radius 1 is 0.818 bits per heavy atom. The third-order valence-corrected chi connectivity index (χ3v) is 5.91. The number of nitrogens with one attached hydrogen (secondary N) is 2. The zero-order valence-electron chi connectivity index (χ0n) is 20.3. The first kappa shape index (κ1) is 24.9. The molecular formula is C27H38N4O2. The summed E-state index contributed by atoms with van der Waals surface area (Å²) in [6, 6.07) is 18.8. The fourth-order valence-electron chi connectivity index (χ4n) is 3.84. The summed E-state index contributed by atoms with van der Waals surface area (Å²) < 4.78 is 0. The molecule has 3 rings (SSSR count). The molecule has 1 aliphatic rings. The third-order valence-electron chi connectivity index (χ3n) is 5.91. The summed E-state index contributed by atoms with van der Waals surface area (Å²) in [5, 5.41) is 5.82. The highest BCUT2D eigenvalue weighted by Gasteiger charge is 2.20. The predicted octanol–water partition coefficient (Wildman–Crippen LogP) is 3.89. The number of hydrogen-bond donors (Lipinski definition) is 2. The Hall–Kier alpha value is -2.70. The van der Waals surface area contributed by atoms with E-state index in [4.69, 9.17) is 0 Å². The van der Waals surface area contributed by atoms with Crippen molar-refractivity contribution in [3.8, 4) is 0 Å². The standard InChI is InChI=1S/C27H38N4O2/c1-27(2,3)26(33)28-15-7-10-25(32)29-24-13-11-23(12-14-24)21-31-18-16-30(17-19-31)20-22-8-5-4-6-9-22/h4-6,8-9,11-14H,7,10,15-21H2,1-3H3,(H,28,33)(H,29,32). The molecule has 0 radical (unpaired) electrons. The van der Waals surface area contributed by atoms with Crippen molar-refractivity contribution in [2.75, 3.05) is 38.0 Å². The van der Waals surface area contributed by atoms with E-state index in [1.165, 1.54) is 11.1 Å². The van der Waals surface area contributed by atoms with Crippen molar-refractivity contribution in [3.05, 3.63) is 65.7 Å². The van der Waals surface area contributed by atoms with Gasteiger partial charge < -0.3 is 10.6 Å². The topological polar surface area (TPSA) is 64.7 Å². The maximum Gasteiger partial charge on any atom is 0.225 e. The predicted molar refractivity (Wildman–Crippen MR) is 134 cm³/mol. The summed E-state index contributed by atoms with van der Waals surface area (Å²) in [7, 11) is 0. The summed E-state index contributed by atoms with van der Waals surface area (Å²) in [6.45, 7) is 12.4. The summed E-state index contributed by atoms with van der Waals surface area (Å²) in [5.41, 5.74) is 3.04. The minimum Gasteiger partial charge on any atom is -0.356 e. The van der Waals surface area contributed by atoms with Gasteiger partial charge in [0.05, 0.1) is 0 Å². The SMILES string of the molecule is CC(C)(C)C(=O)NCCCC(=O)Nc1ccc(CN2CCN(Cc3ccccc3)CC2)cc1. The van der Waals surface area contributed by atoms with Crippen LogP contribution in [0.15, 0.2) is 54.6 Å². The van der Waals surface area contributed by atoms with E-state index in [9.17, 15) is 9.59 Å². The Balaban J connectivity index is 1.34. The summed E-state index contributed by atoms with van der Waals surface area (Å²) in [4.78, 5) is 29.0. The van der Waals surface area contributed by atoms with Crippen LogP contribution >= 0.6 is 0 Å². The lowest BCUT2D eigenvalue weighted by atomic mass is 9.96. The molecule has 0 spiro atoms. The normalized spacial score (nSPS) is 15.2. The number of carbonyl (C=O) groups is 2. The molecule has 2 aromatic rings. The molecule has 0 aromatic heterocycles. The Labute approximate surface area is 198 Å². The number of rotatable bonds is 9. The van der Waals surface area contributed by atoms with Crippen LogP contribution in [0.4, 0.5) is 5.69 Å². The second-order valence-electron chi connectivity index (χ2n) is 9.89. The molecular weight excluding hydrogens is 412 g/mol. The molecule has 1 fully saturated rings. The summed E-state index contributed by atoms with van der Waals surface area (Å²) in [5.74, 6) is -0.0154. The molecule has 6 nitrogen and oxygen atoms in total. The van der Waals surface area contributed by atoms with Gasteiger partial charge in [-0.3, -0.25) is 19.4 Å². The number of hydrogen-bond acceptors (Lipinski definition) is 4. The average Bonchev–Trinajstić information content (AvgIpc) is 2.79. The molecule has 2 aromatic carbocycles. The highest BCUT2D eigenvalue weighted by Crippen LogP contribution is 2.15. The molecule has 0 bridgehead atoms. The Morgan fingerprint density at radius 3 is 1.91 bits per heavy atom. The molecule has 0 aliphatic carbocycles. The van der Waals surface area contributed by atoms with Crippen molar-refractivity contribution in [3.63, 3.8) is 0 Å². The zero-order valence-corrected chi connectivity index (χ0v) is 20.3. The first-order valence-corrected chi connectivity index (χ1v) is 12.0. The van der Waals surface area contributed by atoms with Gasteiger partial charge in [0.2, 0.25) is 11.8 Å². The molecule has 0 atom stereocenters. The van der Waals surface area contributed by atoms with Gasteiger partial charge in [-0.1, -0.05) is 63.2 Å². The smallest absolute Gasteiger partial charge is 0.225 e. The van der Waals surface area contributed by atoms with Crippen molar-refractivity contribution in [1.82, 2.24) is 15.1 Å². The van der Waals surface area contributed by atoms with E-state index >= 15 is 0 Å². The molecule has 33 heavy (non-hydrogen) atoms. The van der Waals surface area contributed by atoms with Gasteiger partial charge in [-0.15, -0.1) is 0 Å². The van der Waals surface area contributed by atoms with E-state index < -0.39 is 5.41 Å². The maximum atomic E-state index is 12.2. The first-order chi connectivity index (χ1) is 15.8. The molecule has 2 N–H and O–H groups in total. The molecule has 2 amide bonds. The van der Waals surface area contributed by atoms with E-state index in [1.807, 2.05) is 32.9 Å². The number of nitrogens with zero attached hydrogens (tertiary/aromatic N) is 2. The lowest BCUT2D eigenvalue weighted by molar-refractivity contribution is -0.128.